The van der Waals surface area contributed by atoms with Crippen LogP contribution in [0, 0.1) is 13.8 Å². The van der Waals surface area contributed by atoms with Crippen molar-refractivity contribution in [3.05, 3.63) is 44.1 Å². The molecule has 2 amide bonds. The lowest BCUT2D eigenvalue weighted by Crippen LogP contribution is -2.12. The fourth-order valence-corrected chi connectivity index (χ4v) is 3.22. The predicted molar refractivity (Wildman–Crippen MR) is 90.2 cm³/mol. The predicted octanol–water partition coefficient (Wildman–Crippen LogP) is 4.34. The first-order valence-electron chi connectivity index (χ1n) is 6.32. The highest BCUT2D eigenvalue weighted by Crippen LogP contribution is 2.28. The Hall–Kier alpha value is -1.66. The topological polar surface area (TPSA) is 58.2 Å². The van der Waals surface area contributed by atoms with Crippen LogP contribution in [0.1, 0.15) is 27.7 Å². The lowest BCUT2D eigenvalue weighted by atomic mass is 10.1. The van der Waals surface area contributed by atoms with Crippen LogP contribution in [0.5, 0.6) is 0 Å². The normalized spacial score (nSPS) is 10.3. The van der Waals surface area contributed by atoms with Crippen LogP contribution >= 0.6 is 27.3 Å². The lowest BCUT2D eigenvalue weighted by Gasteiger charge is -2.10. The molecule has 0 saturated heterocycles. The summed E-state index contributed by atoms with van der Waals surface area (Å²) in [5.41, 5.74) is 3.32. The first-order valence-corrected chi connectivity index (χ1v) is 7.93. The highest BCUT2D eigenvalue weighted by molar-refractivity contribution is 9.11. The molecule has 2 rings (SSSR count). The quantitative estimate of drug-likeness (QED) is 0.848. The molecule has 0 fully saturated rings. The Morgan fingerprint density at radius 1 is 1.10 bits per heavy atom. The van der Waals surface area contributed by atoms with E-state index in [1.807, 2.05) is 26.0 Å². The van der Waals surface area contributed by atoms with Gasteiger partial charge in [-0.3, -0.25) is 9.59 Å². The zero-order valence-corrected chi connectivity index (χ0v) is 14.3. The van der Waals surface area contributed by atoms with Gasteiger partial charge in [0, 0.05) is 18.3 Å². The smallest absolute Gasteiger partial charge is 0.265 e. The summed E-state index contributed by atoms with van der Waals surface area (Å²) in [4.78, 5) is 24.0. The van der Waals surface area contributed by atoms with Crippen LogP contribution in [0.15, 0.2) is 28.1 Å². The van der Waals surface area contributed by atoms with Crippen LogP contribution in [0.3, 0.4) is 0 Å². The summed E-state index contributed by atoms with van der Waals surface area (Å²) >= 11 is 4.81. The molecule has 0 aliphatic rings. The molecular weight excluding hydrogens is 352 g/mol. The molecule has 1 aromatic carbocycles. The number of nitrogens with one attached hydrogen (secondary N) is 2. The molecule has 0 saturated carbocycles. The second kappa shape index (κ2) is 6.41. The van der Waals surface area contributed by atoms with Gasteiger partial charge in [0.05, 0.1) is 8.66 Å². The van der Waals surface area contributed by atoms with E-state index in [0.717, 1.165) is 14.9 Å². The SMILES string of the molecule is CC(=O)Nc1ccc(C)c(NC(=O)c2cc(C)c(Br)s2)c1. The van der Waals surface area contributed by atoms with Gasteiger partial charge in [0.15, 0.2) is 0 Å². The number of anilines is 2. The molecule has 6 heteroatoms. The molecule has 110 valence electrons. The Morgan fingerprint density at radius 3 is 2.38 bits per heavy atom. The minimum Gasteiger partial charge on any atom is -0.326 e. The molecule has 2 N–H and O–H groups in total. The van der Waals surface area contributed by atoms with E-state index in [4.69, 9.17) is 0 Å². The van der Waals surface area contributed by atoms with Gasteiger partial charge in [-0.15, -0.1) is 11.3 Å². The van der Waals surface area contributed by atoms with Crippen LogP contribution in [0.4, 0.5) is 11.4 Å². The van der Waals surface area contributed by atoms with E-state index in [9.17, 15) is 9.59 Å². The number of amides is 2. The summed E-state index contributed by atoms with van der Waals surface area (Å²) in [6.07, 6.45) is 0. The summed E-state index contributed by atoms with van der Waals surface area (Å²) in [5, 5.41) is 5.58. The second-order valence-electron chi connectivity index (χ2n) is 4.73. The van der Waals surface area contributed by atoms with Gasteiger partial charge in [0.1, 0.15) is 0 Å². The number of aryl methyl sites for hydroxylation is 2. The van der Waals surface area contributed by atoms with Gasteiger partial charge in [-0.25, -0.2) is 0 Å². The van der Waals surface area contributed by atoms with E-state index in [1.54, 1.807) is 12.1 Å². The Morgan fingerprint density at radius 2 is 1.81 bits per heavy atom. The lowest BCUT2D eigenvalue weighted by molar-refractivity contribution is -0.114. The molecule has 0 aliphatic carbocycles. The largest absolute Gasteiger partial charge is 0.326 e. The van der Waals surface area contributed by atoms with Crippen molar-refractivity contribution in [2.24, 2.45) is 0 Å². The zero-order chi connectivity index (χ0) is 15.6. The van der Waals surface area contributed by atoms with Gasteiger partial charge in [-0.1, -0.05) is 6.07 Å². The summed E-state index contributed by atoms with van der Waals surface area (Å²) in [7, 11) is 0. The van der Waals surface area contributed by atoms with E-state index in [0.29, 0.717) is 16.3 Å². The Bertz CT molecular complexity index is 690. The van der Waals surface area contributed by atoms with E-state index in [-0.39, 0.29) is 11.8 Å². The van der Waals surface area contributed by atoms with Crippen LogP contribution in [-0.2, 0) is 4.79 Å². The van der Waals surface area contributed by atoms with E-state index >= 15 is 0 Å². The van der Waals surface area contributed by atoms with E-state index < -0.39 is 0 Å². The van der Waals surface area contributed by atoms with Crippen molar-refractivity contribution in [1.29, 1.82) is 0 Å². The van der Waals surface area contributed by atoms with E-state index in [1.165, 1.54) is 18.3 Å². The van der Waals surface area contributed by atoms with Gasteiger partial charge < -0.3 is 10.6 Å². The van der Waals surface area contributed by atoms with Crippen LogP contribution < -0.4 is 10.6 Å². The minimum absolute atomic E-state index is 0.144. The molecule has 1 heterocycles. The molecule has 21 heavy (non-hydrogen) atoms. The third-order valence-corrected chi connectivity index (χ3v) is 5.02. The number of rotatable bonds is 3. The third kappa shape index (κ3) is 3.92. The average molecular weight is 367 g/mol. The van der Waals surface area contributed by atoms with Crippen molar-refractivity contribution in [3.8, 4) is 0 Å². The molecule has 0 aliphatic heterocycles. The molecule has 0 bridgehead atoms. The molecule has 0 unspecified atom stereocenters. The van der Waals surface area contributed by atoms with Gasteiger partial charge in [-0.2, -0.15) is 0 Å². The number of carbonyl (C=O) groups is 2. The summed E-state index contributed by atoms with van der Waals surface area (Å²) in [6, 6.07) is 7.26. The first-order chi connectivity index (χ1) is 9.86. The molecule has 4 nitrogen and oxygen atoms in total. The Labute approximate surface area is 135 Å². The first kappa shape index (κ1) is 15.7. The number of hydrogen-bond acceptors (Lipinski definition) is 3. The maximum absolute atomic E-state index is 12.3. The molecule has 0 radical (unpaired) electrons. The molecule has 1 aromatic heterocycles. The monoisotopic (exact) mass is 366 g/mol. The van der Waals surface area contributed by atoms with Crippen molar-refractivity contribution >= 4 is 50.5 Å². The Kier molecular flexibility index (Phi) is 4.80. The summed E-state index contributed by atoms with van der Waals surface area (Å²) in [5.74, 6) is -0.300. The van der Waals surface area contributed by atoms with Crippen molar-refractivity contribution in [1.82, 2.24) is 0 Å². The number of halogens is 1. The molecule has 0 spiro atoms. The summed E-state index contributed by atoms with van der Waals surface area (Å²) < 4.78 is 0.955. The van der Waals surface area contributed by atoms with Crippen molar-refractivity contribution in [2.75, 3.05) is 10.6 Å². The number of hydrogen-bond donors (Lipinski definition) is 2. The Balaban J connectivity index is 2.22. The van der Waals surface area contributed by atoms with Crippen molar-refractivity contribution in [3.63, 3.8) is 0 Å². The second-order valence-corrected chi connectivity index (χ2v) is 7.10. The average Bonchev–Trinajstić information content (AvgIpc) is 2.73. The van der Waals surface area contributed by atoms with Gasteiger partial charge in [-0.05, 0) is 59.1 Å². The molecule has 2 aromatic rings. The molecule has 0 atom stereocenters. The van der Waals surface area contributed by atoms with Crippen LogP contribution in [0.25, 0.3) is 0 Å². The number of thiophene rings is 1. The zero-order valence-electron chi connectivity index (χ0n) is 11.9. The van der Waals surface area contributed by atoms with Crippen LogP contribution in [-0.4, -0.2) is 11.8 Å². The fourth-order valence-electron chi connectivity index (χ4n) is 1.79. The van der Waals surface area contributed by atoms with Gasteiger partial charge >= 0.3 is 0 Å². The highest BCUT2D eigenvalue weighted by Gasteiger charge is 2.13. The maximum Gasteiger partial charge on any atom is 0.265 e. The van der Waals surface area contributed by atoms with Crippen molar-refractivity contribution in [2.45, 2.75) is 20.8 Å². The third-order valence-electron chi connectivity index (χ3n) is 2.89. The highest BCUT2D eigenvalue weighted by atomic mass is 79.9. The van der Waals surface area contributed by atoms with Crippen molar-refractivity contribution < 1.29 is 9.59 Å². The number of carbonyl (C=O) groups excluding carboxylic acids is 2. The number of benzene rings is 1. The fraction of sp³-hybridized carbons (Fsp3) is 0.200. The standard InChI is InChI=1S/C15H15BrN2O2S/c1-8-4-5-11(17-10(3)19)7-12(8)18-15(20)13-6-9(2)14(16)21-13/h4-7H,1-3H3,(H,17,19)(H,18,20). The minimum atomic E-state index is -0.156. The maximum atomic E-state index is 12.3. The van der Waals surface area contributed by atoms with Gasteiger partial charge in [0.25, 0.3) is 5.91 Å². The van der Waals surface area contributed by atoms with Gasteiger partial charge in [0.2, 0.25) is 5.91 Å². The van der Waals surface area contributed by atoms with E-state index in [2.05, 4.69) is 26.6 Å². The molecular formula is C15H15BrN2O2S. The van der Waals surface area contributed by atoms with Crippen LogP contribution in [0.2, 0.25) is 0 Å². The summed E-state index contributed by atoms with van der Waals surface area (Å²) in [6.45, 7) is 5.30.